The Bertz CT molecular complexity index is 686. The largest absolute Gasteiger partial charge is 0.494 e. The van der Waals surface area contributed by atoms with E-state index in [0.29, 0.717) is 18.2 Å². The molecule has 0 heterocycles. The summed E-state index contributed by atoms with van der Waals surface area (Å²) >= 11 is 5.98. The summed E-state index contributed by atoms with van der Waals surface area (Å²) in [5.74, 6) is 0.844. The molecule has 0 aliphatic heterocycles. The number of ether oxygens (including phenoxy) is 1. The van der Waals surface area contributed by atoms with Gasteiger partial charge < -0.3 is 15.0 Å². The first-order valence-electron chi connectivity index (χ1n) is 8.07. The Morgan fingerprint density at radius 1 is 1.21 bits per heavy atom. The molecule has 0 radical (unpaired) electrons. The zero-order valence-electron chi connectivity index (χ0n) is 14.4. The standard InChI is InChI=1S/C19H23ClN2O2/c1-4-24-17-9-6-15(7-10-17)12-22(3)13-19(23)21-18-11-16(20)8-5-14(18)2/h5-11H,4,12-13H2,1-3H3,(H,21,23)/p+1. The Kier molecular flexibility index (Phi) is 6.64. The molecular formula is C19H24ClN2O2+. The van der Waals surface area contributed by atoms with Crippen LogP contribution in [0.1, 0.15) is 18.1 Å². The van der Waals surface area contributed by atoms with Crippen molar-refractivity contribution in [2.45, 2.75) is 20.4 Å². The molecule has 0 bridgehead atoms. The van der Waals surface area contributed by atoms with Crippen LogP contribution in [0.15, 0.2) is 42.5 Å². The molecule has 0 saturated carbocycles. The van der Waals surface area contributed by atoms with Crippen molar-refractivity contribution in [2.24, 2.45) is 0 Å². The maximum atomic E-state index is 12.2. The molecule has 1 amide bonds. The first-order chi connectivity index (χ1) is 11.5. The fourth-order valence-electron chi connectivity index (χ4n) is 2.48. The lowest BCUT2D eigenvalue weighted by Gasteiger charge is -2.15. The van der Waals surface area contributed by atoms with Crippen LogP contribution in [0.25, 0.3) is 0 Å². The Balaban J connectivity index is 1.88. The lowest BCUT2D eigenvalue weighted by Crippen LogP contribution is -3.08. The molecule has 0 aromatic heterocycles. The van der Waals surface area contributed by atoms with Crippen LogP contribution in [0.2, 0.25) is 5.02 Å². The van der Waals surface area contributed by atoms with Gasteiger partial charge in [0.2, 0.25) is 0 Å². The Labute approximate surface area is 148 Å². The van der Waals surface area contributed by atoms with E-state index in [1.807, 2.05) is 57.3 Å². The molecule has 2 N–H and O–H groups in total. The van der Waals surface area contributed by atoms with E-state index < -0.39 is 0 Å². The van der Waals surface area contributed by atoms with Crippen LogP contribution in [0.5, 0.6) is 5.75 Å². The second kappa shape index (κ2) is 8.71. The lowest BCUT2D eigenvalue weighted by molar-refractivity contribution is -0.885. The number of carbonyl (C=O) groups excluding carboxylic acids is 1. The van der Waals surface area contributed by atoms with E-state index in [4.69, 9.17) is 16.3 Å². The van der Waals surface area contributed by atoms with E-state index in [1.54, 1.807) is 6.07 Å². The van der Waals surface area contributed by atoms with Crippen molar-refractivity contribution in [3.05, 3.63) is 58.6 Å². The molecular weight excluding hydrogens is 324 g/mol. The minimum absolute atomic E-state index is 0.0243. The fourth-order valence-corrected chi connectivity index (χ4v) is 2.65. The van der Waals surface area contributed by atoms with Gasteiger partial charge in [0, 0.05) is 16.3 Å². The van der Waals surface area contributed by atoms with E-state index in [0.717, 1.165) is 28.4 Å². The number of anilines is 1. The summed E-state index contributed by atoms with van der Waals surface area (Å²) in [5.41, 5.74) is 2.93. The zero-order valence-corrected chi connectivity index (χ0v) is 15.1. The highest BCUT2D eigenvalue weighted by atomic mass is 35.5. The van der Waals surface area contributed by atoms with Crippen LogP contribution in [-0.2, 0) is 11.3 Å². The first-order valence-corrected chi connectivity index (χ1v) is 8.44. The van der Waals surface area contributed by atoms with Crippen molar-refractivity contribution in [3.8, 4) is 5.75 Å². The quantitative estimate of drug-likeness (QED) is 0.808. The molecule has 5 heteroatoms. The number of likely N-dealkylation sites (N-methyl/N-ethyl adjacent to an activating group) is 1. The van der Waals surface area contributed by atoms with Crippen molar-refractivity contribution < 1.29 is 14.4 Å². The van der Waals surface area contributed by atoms with E-state index >= 15 is 0 Å². The molecule has 2 aromatic rings. The molecule has 4 nitrogen and oxygen atoms in total. The third kappa shape index (κ3) is 5.55. The van der Waals surface area contributed by atoms with E-state index in [2.05, 4.69) is 5.32 Å². The predicted octanol–water partition coefficient (Wildman–Crippen LogP) is 2.70. The highest BCUT2D eigenvalue weighted by Gasteiger charge is 2.12. The molecule has 0 fully saturated rings. The number of nitrogens with one attached hydrogen (secondary N) is 2. The highest BCUT2D eigenvalue weighted by Crippen LogP contribution is 2.19. The number of benzene rings is 2. The van der Waals surface area contributed by atoms with Crippen molar-refractivity contribution in [1.29, 1.82) is 0 Å². The van der Waals surface area contributed by atoms with Gasteiger partial charge in [0.15, 0.2) is 6.54 Å². The predicted molar refractivity (Wildman–Crippen MR) is 97.9 cm³/mol. The number of amides is 1. The number of aryl methyl sites for hydroxylation is 1. The summed E-state index contributed by atoms with van der Waals surface area (Å²) in [6, 6.07) is 13.5. The third-order valence-corrected chi connectivity index (χ3v) is 3.91. The molecule has 0 aliphatic carbocycles. The Morgan fingerprint density at radius 3 is 2.58 bits per heavy atom. The van der Waals surface area contributed by atoms with Gasteiger partial charge in [-0.2, -0.15) is 0 Å². The summed E-state index contributed by atoms with van der Waals surface area (Å²) in [4.78, 5) is 13.3. The molecule has 0 aliphatic rings. The van der Waals surface area contributed by atoms with Crippen LogP contribution in [0.3, 0.4) is 0 Å². The summed E-state index contributed by atoms with van der Waals surface area (Å²) in [7, 11) is 2.00. The number of hydrogen-bond acceptors (Lipinski definition) is 2. The molecule has 2 aromatic carbocycles. The zero-order chi connectivity index (χ0) is 17.5. The average Bonchev–Trinajstić information content (AvgIpc) is 2.53. The third-order valence-electron chi connectivity index (χ3n) is 3.68. The van der Waals surface area contributed by atoms with Gasteiger partial charge in [0.1, 0.15) is 12.3 Å². The Hall–Kier alpha value is -2.04. The van der Waals surface area contributed by atoms with Gasteiger partial charge in [0.25, 0.3) is 5.91 Å². The smallest absolute Gasteiger partial charge is 0.279 e. The molecule has 1 atom stereocenters. The topological polar surface area (TPSA) is 42.8 Å². The number of carbonyl (C=O) groups is 1. The summed E-state index contributed by atoms with van der Waals surface area (Å²) < 4.78 is 5.44. The second-order valence-corrected chi connectivity index (χ2v) is 6.33. The molecule has 1 unspecified atom stereocenters. The molecule has 128 valence electrons. The van der Waals surface area contributed by atoms with Crippen LogP contribution in [-0.4, -0.2) is 26.1 Å². The van der Waals surface area contributed by atoms with Crippen LogP contribution in [0.4, 0.5) is 5.69 Å². The maximum absolute atomic E-state index is 12.2. The van der Waals surface area contributed by atoms with Gasteiger partial charge in [-0.05, 0) is 55.8 Å². The second-order valence-electron chi connectivity index (χ2n) is 5.90. The fraction of sp³-hybridized carbons (Fsp3) is 0.316. The summed E-state index contributed by atoms with van der Waals surface area (Å²) in [6.45, 7) is 5.73. The van der Waals surface area contributed by atoms with Gasteiger partial charge in [-0.25, -0.2) is 0 Å². The van der Waals surface area contributed by atoms with Crippen LogP contribution < -0.4 is 15.0 Å². The minimum atomic E-state index is -0.0243. The summed E-state index contributed by atoms with van der Waals surface area (Å²) in [6.07, 6.45) is 0. The van der Waals surface area contributed by atoms with Gasteiger partial charge >= 0.3 is 0 Å². The van der Waals surface area contributed by atoms with Crippen LogP contribution >= 0.6 is 11.6 Å². The molecule has 2 rings (SSSR count). The van der Waals surface area contributed by atoms with Crippen molar-refractivity contribution >= 4 is 23.2 Å². The van der Waals surface area contributed by atoms with Crippen molar-refractivity contribution in [1.82, 2.24) is 0 Å². The lowest BCUT2D eigenvalue weighted by atomic mass is 10.2. The monoisotopic (exact) mass is 347 g/mol. The molecule has 0 spiro atoms. The number of rotatable bonds is 7. The minimum Gasteiger partial charge on any atom is -0.494 e. The first kappa shape index (κ1) is 18.3. The molecule has 0 saturated heterocycles. The van der Waals surface area contributed by atoms with Crippen molar-refractivity contribution in [3.63, 3.8) is 0 Å². The van der Waals surface area contributed by atoms with Gasteiger partial charge in [0.05, 0.1) is 13.7 Å². The summed E-state index contributed by atoms with van der Waals surface area (Å²) in [5, 5.41) is 3.55. The number of halogens is 1. The highest BCUT2D eigenvalue weighted by molar-refractivity contribution is 6.31. The maximum Gasteiger partial charge on any atom is 0.279 e. The number of hydrogen-bond donors (Lipinski definition) is 2. The number of quaternary nitrogens is 1. The molecule has 24 heavy (non-hydrogen) atoms. The van der Waals surface area contributed by atoms with Crippen molar-refractivity contribution in [2.75, 3.05) is 25.5 Å². The van der Waals surface area contributed by atoms with E-state index in [1.165, 1.54) is 5.56 Å². The normalized spacial score (nSPS) is 11.8. The van der Waals surface area contributed by atoms with Gasteiger partial charge in [-0.15, -0.1) is 0 Å². The van der Waals surface area contributed by atoms with Gasteiger partial charge in [-0.1, -0.05) is 17.7 Å². The van der Waals surface area contributed by atoms with Gasteiger partial charge in [-0.3, -0.25) is 4.79 Å². The SMILES string of the molecule is CCOc1ccc(C[NH+](C)CC(=O)Nc2cc(Cl)ccc2C)cc1. The Morgan fingerprint density at radius 2 is 1.92 bits per heavy atom. The average molecular weight is 348 g/mol. The van der Waals surface area contributed by atoms with Crippen LogP contribution in [0, 0.1) is 6.92 Å². The van der Waals surface area contributed by atoms with E-state index in [-0.39, 0.29) is 5.91 Å². The van der Waals surface area contributed by atoms with E-state index in [9.17, 15) is 4.79 Å².